The number of carbonyl (C=O) groups is 1. The number of carbonyl (C=O) groups excluding carboxylic acids is 1. The molecule has 0 spiro atoms. The molecule has 1 N–H and O–H groups in total. The van der Waals surface area contributed by atoms with E-state index in [2.05, 4.69) is 56.5 Å². The maximum absolute atomic E-state index is 13.5. The van der Waals surface area contributed by atoms with Crippen LogP contribution in [0, 0.1) is 6.92 Å². The van der Waals surface area contributed by atoms with Crippen molar-refractivity contribution in [2.75, 3.05) is 5.32 Å². The fourth-order valence-electron chi connectivity index (χ4n) is 3.59. The number of nitrogens with zero attached hydrogens (tertiary/aromatic N) is 9. The first kappa shape index (κ1) is 25.4. The number of hydrogen-bond acceptors (Lipinski definition) is 8. The van der Waals surface area contributed by atoms with Gasteiger partial charge in [0.2, 0.25) is 11.8 Å². The van der Waals surface area contributed by atoms with Gasteiger partial charge in [-0.25, -0.2) is 9.67 Å². The summed E-state index contributed by atoms with van der Waals surface area (Å²) >= 11 is 15.9. The minimum absolute atomic E-state index is 0.0669. The Morgan fingerprint density at radius 2 is 1.84 bits per heavy atom. The number of rotatable bonds is 6. The first-order valence-corrected chi connectivity index (χ1v) is 12.2. The molecule has 0 unspecified atom stereocenters. The van der Waals surface area contributed by atoms with Gasteiger partial charge in [-0.1, -0.05) is 23.2 Å². The number of pyridine rings is 2. The predicted molar refractivity (Wildman–Crippen MR) is 144 cm³/mol. The normalized spacial score (nSPS) is 10.7. The van der Waals surface area contributed by atoms with E-state index < -0.39 is 5.91 Å². The van der Waals surface area contributed by atoms with E-state index in [0.29, 0.717) is 37.0 Å². The standard InChI is InChI=1S/C23H13BrCl2N10O2/c1-11-8-12(25)9-14(23-33-32-22(38-23)13-4-2-6-28-19(13)31-35-27)18(11)30-21(37)16-10-17(24)34-36(16)20-15(26)5-3-7-29-20/h2-10H,1H3,(H,30,37). The summed E-state index contributed by atoms with van der Waals surface area (Å²) in [6.07, 6.45) is 3.02. The van der Waals surface area contributed by atoms with Crippen molar-refractivity contribution in [3.63, 3.8) is 0 Å². The molecule has 4 heterocycles. The second-order valence-electron chi connectivity index (χ2n) is 7.65. The zero-order valence-electron chi connectivity index (χ0n) is 19.2. The first-order valence-electron chi connectivity index (χ1n) is 10.7. The van der Waals surface area contributed by atoms with Crippen molar-refractivity contribution in [1.82, 2.24) is 29.9 Å². The topological polar surface area (TPSA) is 160 Å². The Balaban J connectivity index is 1.55. The Morgan fingerprint density at radius 3 is 2.61 bits per heavy atom. The van der Waals surface area contributed by atoms with Gasteiger partial charge in [-0.15, -0.1) is 10.2 Å². The maximum Gasteiger partial charge on any atom is 0.274 e. The molecule has 188 valence electrons. The number of aromatic nitrogens is 6. The molecule has 0 saturated carbocycles. The summed E-state index contributed by atoms with van der Waals surface area (Å²) in [5, 5.41) is 19.7. The number of anilines is 1. The number of azide groups is 1. The summed E-state index contributed by atoms with van der Waals surface area (Å²) in [7, 11) is 0. The largest absolute Gasteiger partial charge is 0.416 e. The monoisotopic (exact) mass is 610 g/mol. The molecule has 1 aromatic carbocycles. The van der Waals surface area contributed by atoms with Gasteiger partial charge in [0, 0.05) is 28.4 Å². The fraction of sp³-hybridized carbons (Fsp3) is 0.0435. The van der Waals surface area contributed by atoms with Crippen molar-refractivity contribution in [1.29, 1.82) is 0 Å². The van der Waals surface area contributed by atoms with Gasteiger partial charge in [0.15, 0.2) is 5.82 Å². The molecule has 0 atom stereocenters. The van der Waals surface area contributed by atoms with E-state index in [1.165, 1.54) is 16.9 Å². The summed E-state index contributed by atoms with van der Waals surface area (Å²) in [5.41, 5.74) is 10.7. The van der Waals surface area contributed by atoms with Crippen molar-refractivity contribution in [3.05, 3.63) is 91.2 Å². The minimum Gasteiger partial charge on any atom is -0.416 e. The molecule has 38 heavy (non-hydrogen) atoms. The Kier molecular flexibility index (Phi) is 7.07. The summed E-state index contributed by atoms with van der Waals surface area (Å²) in [6.45, 7) is 1.77. The minimum atomic E-state index is -0.505. The van der Waals surface area contributed by atoms with Crippen molar-refractivity contribution in [2.24, 2.45) is 5.11 Å². The summed E-state index contributed by atoms with van der Waals surface area (Å²) in [4.78, 5) is 24.5. The Labute approximate surface area is 232 Å². The van der Waals surface area contributed by atoms with Crippen LogP contribution < -0.4 is 5.32 Å². The van der Waals surface area contributed by atoms with Gasteiger partial charge in [-0.3, -0.25) is 9.78 Å². The third-order valence-corrected chi connectivity index (χ3v) is 6.10. The van der Waals surface area contributed by atoms with E-state index in [4.69, 9.17) is 33.2 Å². The number of amides is 1. The van der Waals surface area contributed by atoms with E-state index in [1.807, 2.05) is 0 Å². The average Bonchev–Trinajstić information content (AvgIpc) is 3.53. The van der Waals surface area contributed by atoms with E-state index in [-0.39, 0.29) is 29.1 Å². The first-order chi connectivity index (χ1) is 18.4. The molecule has 0 bridgehead atoms. The van der Waals surface area contributed by atoms with Crippen LogP contribution in [0.15, 0.2) is 69.0 Å². The van der Waals surface area contributed by atoms with Crippen molar-refractivity contribution in [3.8, 4) is 28.7 Å². The highest BCUT2D eigenvalue weighted by Gasteiger charge is 2.23. The molecule has 0 aliphatic rings. The smallest absolute Gasteiger partial charge is 0.274 e. The van der Waals surface area contributed by atoms with E-state index in [0.717, 1.165) is 0 Å². The van der Waals surface area contributed by atoms with Gasteiger partial charge >= 0.3 is 0 Å². The Morgan fingerprint density at radius 1 is 1.11 bits per heavy atom. The lowest BCUT2D eigenvalue weighted by atomic mass is 10.1. The zero-order chi connectivity index (χ0) is 26.8. The molecule has 5 rings (SSSR count). The third-order valence-electron chi connectivity index (χ3n) is 5.20. The molecule has 0 radical (unpaired) electrons. The average molecular weight is 612 g/mol. The highest BCUT2D eigenvalue weighted by molar-refractivity contribution is 9.10. The fourth-order valence-corrected chi connectivity index (χ4v) is 4.44. The summed E-state index contributed by atoms with van der Waals surface area (Å²) in [5.74, 6) is -0.00882. The maximum atomic E-state index is 13.5. The van der Waals surface area contributed by atoms with Crippen LogP contribution in [0.2, 0.25) is 10.0 Å². The highest BCUT2D eigenvalue weighted by Crippen LogP contribution is 2.36. The lowest BCUT2D eigenvalue weighted by Gasteiger charge is -2.13. The number of aryl methyl sites for hydroxylation is 1. The van der Waals surface area contributed by atoms with Crippen LogP contribution in [0.5, 0.6) is 0 Å². The number of halogens is 3. The SMILES string of the molecule is Cc1cc(Cl)cc(-c2nnc(-c3cccnc3N=[N+]=[N-])o2)c1NC(=O)c1cc(Br)nn1-c1ncccc1Cl. The van der Waals surface area contributed by atoms with Crippen LogP contribution in [0.3, 0.4) is 0 Å². The molecule has 0 aliphatic heterocycles. The lowest BCUT2D eigenvalue weighted by Crippen LogP contribution is -2.18. The van der Waals surface area contributed by atoms with E-state index >= 15 is 0 Å². The van der Waals surface area contributed by atoms with Gasteiger partial charge < -0.3 is 9.73 Å². The Bertz CT molecular complexity index is 1750. The van der Waals surface area contributed by atoms with Crippen LogP contribution in [-0.2, 0) is 0 Å². The van der Waals surface area contributed by atoms with Crippen molar-refractivity contribution >= 4 is 56.5 Å². The molecule has 12 nitrogen and oxygen atoms in total. The van der Waals surface area contributed by atoms with E-state index in [9.17, 15) is 4.79 Å². The number of benzene rings is 1. The predicted octanol–water partition coefficient (Wildman–Crippen LogP) is 6.95. The van der Waals surface area contributed by atoms with Gasteiger partial charge in [-0.05, 0) is 75.5 Å². The molecule has 0 saturated heterocycles. The molecule has 0 aliphatic carbocycles. The molecular formula is C23H13BrCl2N10O2. The van der Waals surface area contributed by atoms with Crippen LogP contribution in [-0.4, -0.2) is 35.9 Å². The number of nitrogens with one attached hydrogen (secondary N) is 1. The molecule has 5 aromatic rings. The quantitative estimate of drug-likeness (QED) is 0.123. The molecule has 1 amide bonds. The summed E-state index contributed by atoms with van der Waals surface area (Å²) in [6, 6.07) is 11.4. The van der Waals surface area contributed by atoms with Crippen molar-refractivity contribution in [2.45, 2.75) is 6.92 Å². The molecule has 4 aromatic heterocycles. The zero-order valence-corrected chi connectivity index (χ0v) is 22.3. The molecule has 0 fully saturated rings. The second kappa shape index (κ2) is 10.6. The summed E-state index contributed by atoms with van der Waals surface area (Å²) < 4.78 is 7.62. The Hall–Kier alpha value is -4.29. The third kappa shape index (κ3) is 4.95. The van der Waals surface area contributed by atoms with Gasteiger partial charge in [0.1, 0.15) is 16.1 Å². The van der Waals surface area contributed by atoms with Gasteiger partial charge in [0.05, 0.1) is 21.8 Å². The highest BCUT2D eigenvalue weighted by atomic mass is 79.9. The van der Waals surface area contributed by atoms with Crippen LogP contribution in [0.4, 0.5) is 11.5 Å². The van der Waals surface area contributed by atoms with Crippen molar-refractivity contribution < 1.29 is 9.21 Å². The van der Waals surface area contributed by atoms with E-state index in [1.54, 1.807) is 49.5 Å². The van der Waals surface area contributed by atoms with Crippen LogP contribution >= 0.6 is 39.1 Å². The molecule has 15 heteroatoms. The van der Waals surface area contributed by atoms with Gasteiger partial charge in [-0.2, -0.15) is 5.10 Å². The molecular weight excluding hydrogens is 599 g/mol. The van der Waals surface area contributed by atoms with Crippen LogP contribution in [0.25, 0.3) is 39.2 Å². The van der Waals surface area contributed by atoms with Crippen LogP contribution in [0.1, 0.15) is 16.1 Å². The number of hydrogen-bond donors (Lipinski definition) is 1. The van der Waals surface area contributed by atoms with Gasteiger partial charge in [0.25, 0.3) is 5.91 Å². The second-order valence-corrected chi connectivity index (χ2v) is 9.30. The lowest BCUT2D eigenvalue weighted by molar-refractivity contribution is 0.101.